The van der Waals surface area contributed by atoms with Crippen LogP contribution in [0.3, 0.4) is 0 Å². The van der Waals surface area contributed by atoms with Crippen molar-refractivity contribution in [2.75, 3.05) is 0 Å². The molecule has 0 aliphatic rings. The first-order valence-corrected chi connectivity index (χ1v) is 5.87. The zero-order valence-corrected chi connectivity index (χ0v) is 10.9. The van der Waals surface area contributed by atoms with Gasteiger partial charge >= 0.3 is 0 Å². The summed E-state index contributed by atoms with van der Waals surface area (Å²) in [6.07, 6.45) is 0. The Morgan fingerprint density at radius 1 is 0.692 bits per heavy atom. The minimum Gasteiger partial charge on any atom is -0.313 e. The molecule has 1 aromatic rings. The molecule has 1 N–H and O–H groups in total. The molecule has 1 atom stereocenters. The lowest BCUT2D eigenvalue weighted by Gasteiger charge is -2.38. The Balaban J connectivity index is -0.0000000320. The minimum absolute atomic E-state index is 0. The van der Waals surface area contributed by atoms with Crippen LogP contribution in [-0.4, -0.2) is 15.8 Å². The van der Waals surface area contributed by atoms with Crippen molar-refractivity contribution >= 4 is 0 Å². The summed E-state index contributed by atoms with van der Waals surface area (Å²) in [6, 6.07) is 10.2. The lowest BCUT2D eigenvalue weighted by molar-refractivity contribution is -0.199. The van der Waals surface area contributed by atoms with Gasteiger partial charge in [-0.2, -0.15) is 5.06 Å². The first kappa shape index (κ1) is 63.9. The molecular weight excluding hydrogens is 318 g/mol. The molecule has 0 spiro atoms. The van der Waals surface area contributed by atoms with Gasteiger partial charge < -0.3 is 5.21 Å². The number of rotatable bonds is 3. The van der Waals surface area contributed by atoms with Crippen molar-refractivity contribution in [1.29, 1.82) is 0 Å². The molecule has 0 amide bonds. The van der Waals surface area contributed by atoms with Crippen molar-refractivity contribution in [2.24, 2.45) is 5.92 Å². The molecule has 170 valence electrons. The number of hydrogen-bond acceptors (Lipinski definition) is 2. The van der Waals surface area contributed by atoms with E-state index in [1.54, 1.807) is 0 Å². The van der Waals surface area contributed by atoms with Crippen molar-refractivity contribution in [3.05, 3.63) is 35.9 Å². The second-order valence-corrected chi connectivity index (χ2v) is 5.61. The smallest absolute Gasteiger partial charge is 0.0628 e. The van der Waals surface area contributed by atoms with Gasteiger partial charge in [-0.25, -0.2) is 0 Å². The van der Waals surface area contributed by atoms with Gasteiger partial charge in [-0.05, 0) is 32.3 Å². The molecule has 0 fully saturated rings. The SMILES string of the molecule is C.C.C.C.C.C.C.C.C.C.CC(C)C(c1ccccc1)N(O)C(C)(C)C. The van der Waals surface area contributed by atoms with E-state index in [4.69, 9.17) is 0 Å². The lowest BCUT2D eigenvalue weighted by Crippen LogP contribution is -2.43. The number of hydroxylamine groups is 2. The molecule has 1 unspecified atom stereocenters. The minimum atomic E-state index is -0.245. The predicted octanol–water partition coefficient (Wildman–Crippen LogP) is 10.2. The van der Waals surface area contributed by atoms with E-state index < -0.39 is 0 Å². The fourth-order valence-corrected chi connectivity index (χ4v) is 1.88. The fraction of sp³-hybridized carbons (Fsp3) is 0.750. The molecule has 0 aliphatic heterocycles. The van der Waals surface area contributed by atoms with Crippen LogP contribution < -0.4 is 0 Å². The maximum absolute atomic E-state index is 10.3. The molecule has 0 radical (unpaired) electrons. The molecule has 0 bridgehead atoms. The van der Waals surface area contributed by atoms with Crippen molar-refractivity contribution < 1.29 is 5.21 Å². The Morgan fingerprint density at radius 3 is 1.23 bits per heavy atom. The van der Waals surface area contributed by atoms with Crippen LogP contribution in [0.5, 0.6) is 0 Å². The van der Waals surface area contributed by atoms with Gasteiger partial charge in [0.2, 0.25) is 0 Å². The highest BCUT2D eigenvalue weighted by Crippen LogP contribution is 2.31. The molecule has 0 saturated heterocycles. The third kappa shape index (κ3) is 17.9. The Labute approximate surface area is 173 Å². The first-order valence-electron chi connectivity index (χ1n) is 5.87. The van der Waals surface area contributed by atoms with Crippen LogP contribution >= 0.6 is 0 Å². The highest BCUT2D eigenvalue weighted by molar-refractivity contribution is 5.19. The molecule has 0 aliphatic carbocycles. The quantitative estimate of drug-likeness (QED) is 0.526. The third-order valence-corrected chi connectivity index (χ3v) is 2.72. The number of benzene rings is 1. The van der Waals surface area contributed by atoms with E-state index >= 15 is 0 Å². The second kappa shape index (κ2) is 26.4. The van der Waals surface area contributed by atoms with Crippen LogP contribution in [0.2, 0.25) is 0 Å². The largest absolute Gasteiger partial charge is 0.313 e. The van der Waals surface area contributed by atoms with Crippen LogP contribution in [0.25, 0.3) is 0 Å². The van der Waals surface area contributed by atoms with Gasteiger partial charge in [0.05, 0.1) is 6.04 Å². The second-order valence-electron chi connectivity index (χ2n) is 5.61. The Bertz CT molecular complexity index is 315. The van der Waals surface area contributed by atoms with Crippen LogP contribution in [0.15, 0.2) is 30.3 Å². The van der Waals surface area contributed by atoms with E-state index in [-0.39, 0.29) is 85.8 Å². The molecule has 1 aromatic carbocycles. The Hall–Kier alpha value is -0.860. The summed E-state index contributed by atoms with van der Waals surface area (Å²) >= 11 is 0. The van der Waals surface area contributed by atoms with E-state index in [1.807, 2.05) is 39.0 Å². The average molecular weight is 382 g/mol. The topological polar surface area (TPSA) is 23.5 Å². The van der Waals surface area contributed by atoms with Crippen molar-refractivity contribution in [3.63, 3.8) is 0 Å². The molecular formula is C24H63NO. The Morgan fingerprint density at radius 2 is 1.00 bits per heavy atom. The summed E-state index contributed by atoms with van der Waals surface area (Å²) in [5.41, 5.74) is 0.917. The molecule has 2 nitrogen and oxygen atoms in total. The first-order chi connectivity index (χ1) is 7.34. The average Bonchev–Trinajstić information content (AvgIpc) is 2.17. The predicted molar refractivity (Wildman–Crippen MR) is 135 cm³/mol. The van der Waals surface area contributed by atoms with Crippen molar-refractivity contribution in [2.45, 2.75) is 120 Å². The van der Waals surface area contributed by atoms with E-state index in [1.165, 1.54) is 5.06 Å². The zero-order chi connectivity index (χ0) is 12.3. The van der Waals surface area contributed by atoms with E-state index in [2.05, 4.69) is 26.0 Å². The number of hydrogen-bond donors (Lipinski definition) is 1. The summed E-state index contributed by atoms with van der Waals surface area (Å²) in [7, 11) is 0. The van der Waals surface area contributed by atoms with Gasteiger partial charge in [-0.1, -0.05) is 118 Å². The molecule has 1 rings (SSSR count). The van der Waals surface area contributed by atoms with Crippen LogP contribution in [0.1, 0.15) is 120 Å². The molecule has 0 aromatic heterocycles. The third-order valence-electron chi connectivity index (χ3n) is 2.72. The summed E-state index contributed by atoms with van der Waals surface area (Å²) in [5, 5.41) is 11.8. The summed E-state index contributed by atoms with van der Waals surface area (Å²) in [5.74, 6) is 0.367. The van der Waals surface area contributed by atoms with E-state index in [0.717, 1.165) is 5.56 Å². The lowest BCUT2D eigenvalue weighted by atomic mass is 9.92. The maximum atomic E-state index is 10.3. The van der Waals surface area contributed by atoms with Gasteiger partial charge in [-0.15, -0.1) is 0 Å². The van der Waals surface area contributed by atoms with E-state index in [9.17, 15) is 5.21 Å². The molecule has 2 heteroatoms. The molecule has 0 saturated carbocycles. The van der Waals surface area contributed by atoms with Crippen LogP contribution in [-0.2, 0) is 0 Å². The van der Waals surface area contributed by atoms with Gasteiger partial charge in [-0.3, -0.25) is 0 Å². The summed E-state index contributed by atoms with van der Waals surface area (Å²) < 4.78 is 0. The van der Waals surface area contributed by atoms with Crippen LogP contribution in [0, 0.1) is 5.92 Å². The van der Waals surface area contributed by atoms with Gasteiger partial charge in [0.25, 0.3) is 0 Å². The fourth-order valence-electron chi connectivity index (χ4n) is 1.88. The van der Waals surface area contributed by atoms with Crippen molar-refractivity contribution in [1.82, 2.24) is 5.06 Å². The highest BCUT2D eigenvalue weighted by atomic mass is 16.5. The van der Waals surface area contributed by atoms with Gasteiger partial charge in [0, 0.05) is 5.54 Å². The van der Waals surface area contributed by atoms with E-state index in [0.29, 0.717) is 5.92 Å². The van der Waals surface area contributed by atoms with Crippen molar-refractivity contribution in [3.8, 4) is 0 Å². The standard InChI is InChI=1S/C14H23NO.10CH4/c1-11(2)13(15(16)14(3,4)5)12-9-7-6-8-10-12;;;;;;;;;;/h6-11,13,16H,1-5H3;10*1H4. The summed E-state index contributed by atoms with van der Waals surface area (Å²) in [6.45, 7) is 10.3. The Kier molecular flexibility index (Phi) is 64.8. The normalized spacial score (nSPS) is 8.92. The molecule has 26 heavy (non-hydrogen) atoms. The zero-order valence-electron chi connectivity index (χ0n) is 10.9. The maximum Gasteiger partial charge on any atom is 0.0628 e. The summed E-state index contributed by atoms with van der Waals surface area (Å²) in [4.78, 5) is 0. The monoisotopic (exact) mass is 381 g/mol. The number of nitrogens with zero attached hydrogens (tertiary/aromatic N) is 1. The highest BCUT2D eigenvalue weighted by Gasteiger charge is 2.30. The van der Waals surface area contributed by atoms with Gasteiger partial charge in [0.15, 0.2) is 0 Å². The van der Waals surface area contributed by atoms with Crippen LogP contribution in [0.4, 0.5) is 0 Å². The molecule has 0 heterocycles. The van der Waals surface area contributed by atoms with Gasteiger partial charge in [0.1, 0.15) is 0 Å².